The molecule has 0 fully saturated rings. The number of hydrogen-bond acceptors (Lipinski definition) is 4. The predicted molar refractivity (Wildman–Crippen MR) is 195 cm³/mol. The first kappa shape index (κ1) is 28.6. The van der Waals surface area contributed by atoms with Crippen molar-refractivity contribution in [1.29, 1.82) is 10.5 Å². The minimum Gasteiger partial charge on any atom is -0.245 e. The van der Waals surface area contributed by atoms with E-state index in [2.05, 4.69) is 82.5 Å². The van der Waals surface area contributed by atoms with Gasteiger partial charge < -0.3 is 0 Å². The molecule has 0 amide bonds. The Labute approximate surface area is 287 Å². The van der Waals surface area contributed by atoms with Crippen molar-refractivity contribution < 1.29 is 0 Å². The molecular weight excluding hydrogens is 613 g/mol. The molecule has 6 heteroatoms. The molecule has 0 N–H and O–H groups in total. The quantitative estimate of drug-likeness (QED) is 0.140. The fraction of sp³-hybridized carbons (Fsp3) is 0. The molecule has 0 spiro atoms. The van der Waals surface area contributed by atoms with Crippen LogP contribution in [0.3, 0.4) is 0 Å². The van der Waals surface area contributed by atoms with E-state index < -0.39 is 0 Å². The molecule has 50 heavy (non-hydrogen) atoms. The molecule has 7 aromatic rings. The molecule has 6 nitrogen and oxygen atoms in total. The van der Waals surface area contributed by atoms with Crippen LogP contribution in [0.5, 0.6) is 0 Å². The van der Waals surface area contributed by atoms with Crippen LogP contribution in [0.4, 0.5) is 0 Å². The van der Waals surface area contributed by atoms with Crippen molar-refractivity contribution in [1.82, 2.24) is 9.97 Å². The van der Waals surface area contributed by atoms with Crippen molar-refractivity contribution in [2.75, 3.05) is 0 Å². The highest BCUT2D eigenvalue weighted by Gasteiger charge is 2.36. The molecule has 2 aliphatic rings. The average molecular weight is 633 g/mol. The molecule has 0 saturated heterocycles. The average Bonchev–Trinajstić information content (AvgIpc) is 3.65. The zero-order chi connectivity index (χ0) is 33.9. The fourth-order valence-electron chi connectivity index (χ4n) is 7.18. The first-order valence-electron chi connectivity index (χ1n) is 15.8. The smallest absolute Gasteiger partial charge is 0.245 e. The van der Waals surface area contributed by atoms with Gasteiger partial charge in [-0.2, -0.15) is 0 Å². The Hall–Kier alpha value is -7.64. The van der Waals surface area contributed by atoms with Crippen LogP contribution >= 0.6 is 0 Å². The van der Waals surface area contributed by atoms with E-state index in [1.165, 1.54) is 0 Å². The molecular formula is C44H20N6. The summed E-state index contributed by atoms with van der Waals surface area (Å²) in [5.74, 6) is 0. The number of benzene rings is 6. The van der Waals surface area contributed by atoms with Gasteiger partial charge in [-0.05, 0) is 79.2 Å². The number of allylic oxidation sites excluding steroid dienone is 2. The summed E-state index contributed by atoms with van der Waals surface area (Å²) in [6.07, 6.45) is 0. The summed E-state index contributed by atoms with van der Waals surface area (Å²) in [6.45, 7) is 15.8. The summed E-state index contributed by atoms with van der Waals surface area (Å²) in [6, 6.07) is 45.0. The number of hydrogen-bond donors (Lipinski definition) is 0. The zero-order valence-corrected chi connectivity index (χ0v) is 26.2. The minimum absolute atomic E-state index is 0.0746. The summed E-state index contributed by atoms with van der Waals surface area (Å²) in [5, 5.41) is 24.8. The Bertz CT molecular complexity index is 2690. The fourth-order valence-corrected chi connectivity index (χ4v) is 7.18. The molecule has 9 rings (SSSR count). The van der Waals surface area contributed by atoms with Gasteiger partial charge >= 0.3 is 0 Å². The highest BCUT2D eigenvalue weighted by atomic mass is 14.9. The van der Waals surface area contributed by atoms with E-state index in [1.807, 2.05) is 60.7 Å². The lowest BCUT2D eigenvalue weighted by Crippen LogP contribution is -1.98. The van der Waals surface area contributed by atoms with Crippen LogP contribution < -0.4 is 0 Å². The Morgan fingerprint density at radius 3 is 1.22 bits per heavy atom. The number of aromatic nitrogens is 2. The summed E-state index contributed by atoms with van der Waals surface area (Å²) in [4.78, 5) is 17.5. The molecule has 6 aromatic carbocycles. The minimum atomic E-state index is -0.0746. The lowest BCUT2D eigenvalue weighted by atomic mass is 9.96. The van der Waals surface area contributed by atoms with Crippen LogP contribution in [-0.2, 0) is 0 Å². The van der Waals surface area contributed by atoms with E-state index in [9.17, 15) is 10.5 Å². The summed E-state index contributed by atoms with van der Waals surface area (Å²) >= 11 is 0. The standard InChI is InChI=1S/C44H20N6/c1-47-37(23-45)39-35-21-31(29-13-11-25-7-3-5-9-27(25)19-29)15-17-33(35)41-43(39)49-42-34-18-16-32(30-14-12-26-8-4-6-10-28(26)20-30)22-36(34)40(44(42)50-41)38(24-46)48-2/h3-22H/b39-37-,40-38+. The van der Waals surface area contributed by atoms with Crippen LogP contribution in [0.1, 0.15) is 22.5 Å². The van der Waals surface area contributed by atoms with E-state index in [0.717, 1.165) is 54.9 Å². The molecule has 226 valence electrons. The maximum Gasteiger partial charge on any atom is 0.271 e. The molecule has 1 heterocycles. The van der Waals surface area contributed by atoms with Crippen LogP contribution in [0.25, 0.3) is 87.1 Å². The first-order valence-corrected chi connectivity index (χ1v) is 15.8. The summed E-state index contributed by atoms with van der Waals surface area (Å²) in [7, 11) is 0. The van der Waals surface area contributed by atoms with Gasteiger partial charge in [0, 0.05) is 22.3 Å². The second kappa shape index (κ2) is 11.0. The van der Waals surface area contributed by atoms with E-state index in [1.54, 1.807) is 0 Å². The first-order chi connectivity index (χ1) is 24.6. The molecule has 0 unspecified atom stereocenters. The van der Waals surface area contributed by atoms with Crippen LogP contribution in [0, 0.1) is 35.8 Å². The SMILES string of the molecule is [C-]#[N+]/C(C#N)=C1/c2cc(-c3ccc4ccccc4c3)ccc2-c2nc3c(nc21)-c1ccc(-c2ccc4ccccc4c2)cc1/C3=C(/C#N)[N+]#[C-]. The third-order valence-electron chi connectivity index (χ3n) is 9.53. The molecule has 0 atom stereocenters. The molecule has 0 aliphatic heterocycles. The number of nitrogens with zero attached hydrogens (tertiary/aromatic N) is 6. The molecule has 0 bridgehead atoms. The summed E-state index contributed by atoms with van der Waals surface area (Å²) < 4.78 is 0. The van der Waals surface area contributed by atoms with Gasteiger partial charge in [0.2, 0.25) is 0 Å². The molecule has 0 saturated carbocycles. The van der Waals surface area contributed by atoms with Gasteiger partial charge in [-0.1, -0.05) is 97.1 Å². The largest absolute Gasteiger partial charge is 0.271 e. The van der Waals surface area contributed by atoms with Crippen LogP contribution in [-0.4, -0.2) is 9.97 Å². The number of rotatable bonds is 2. The van der Waals surface area contributed by atoms with Crippen molar-refractivity contribution in [2.45, 2.75) is 0 Å². The monoisotopic (exact) mass is 632 g/mol. The maximum absolute atomic E-state index is 10.1. The van der Waals surface area contributed by atoms with Gasteiger partial charge in [0.15, 0.2) is 0 Å². The van der Waals surface area contributed by atoms with Crippen molar-refractivity contribution in [2.24, 2.45) is 0 Å². The maximum atomic E-state index is 10.1. The highest BCUT2D eigenvalue weighted by Crippen LogP contribution is 2.51. The lowest BCUT2D eigenvalue weighted by Gasteiger charge is -2.09. The van der Waals surface area contributed by atoms with Crippen LogP contribution in [0.15, 0.2) is 133 Å². The Morgan fingerprint density at radius 2 is 0.820 bits per heavy atom. The second-order valence-corrected chi connectivity index (χ2v) is 12.2. The van der Waals surface area contributed by atoms with Crippen molar-refractivity contribution in [3.63, 3.8) is 0 Å². The number of nitriles is 2. The molecule has 0 radical (unpaired) electrons. The van der Waals surface area contributed by atoms with Gasteiger partial charge in [0.25, 0.3) is 11.4 Å². The van der Waals surface area contributed by atoms with E-state index in [-0.39, 0.29) is 11.4 Å². The summed E-state index contributed by atoms with van der Waals surface area (Å²) in [5.41, 5.74) is 9.36. The van der Waals surface area contributed by atoms with Gasteiger partial charge in [-0.15, -0.1) is 0 Å². The third-order valence-corrected chi connectivity index (χ3v) is 9.53. The molecule has 1 aromatic heterocycles. The van der Waals surface area contributed by atoms with Crippen molar-refractivity contribution in [3.05, 3.63) is 178 Å². The predicted octanol–water partition coefficient (Wildman–Crippen LogP) is 10.5. The Morgan fingerprint density at radius 1 is 0.440 bits per heavy atom. The Balaban J connectivity index is 1.24. The lowest BCUT2D eigenvalue weighted by molar-refractivity contribution is 1.18. The van der Waals surface area contributed by atoms with E-state index >= 15 is 0 Å². The van der Waals surface area contributed by atoms with Crippen molar-refractivity contribution >= 4 is 32.7 Å². The van der Waals surface area contributed by atoms with Gasteiger partial charge in [0.05, 0.1) is 48.1 Å². The van der Waals surface area contributed by atoms with E-state index in [0.29, 0.717) is 45.0 Å². The second-order valence-electron chi connectivity index (χ2n) is 12.2. The van der Waals surface area contributed by atoms with Gasteiger partial charge in [-0.3, -0.25) is 0 Å². The van der Waals surface area contributed by atoms with Crippen LogP contribution in [0.2, 0.25) is 0 Å². The van der Waals surface area contributed by atoms with Crippen molar-refractivity contribution in [3.8, 4) is 56.9 Å². The highest BCUT2D eigenvalue weighted by molar-refractivity contribution is 6.07. The van der Waals surface area contributed by atoms with E-state index in [4.69, 9.17) is 23.1 Å². The van der Waals surface area contributed by atoms with Gasteiger partial charge in [0.1, 0.15) is 0 Å². The Kier molecular flexibility index (Phi) is 6.27. The zero-order valence-electron chi connectivity index (χ0n) is 26.2. The van der Waals surface area contributed by atoms with Gasteiger partial charge in [-0.25, -0.2) is 30.2 Å². The topological polar surface area (TPSA) is 82.1 Å². The number of fused-ring (bicyclic) bond motifs is 8. The molecule has 2 aliphatic carbocycles. The normalized spacial score (nSPS) is 14.0. The third kappa shape index (κ3) is 4.18.